The van der Waals surface area contributed by atoms with Crippen LogP contribution in [0.5, 0.6) is 0 Å². The number of fused-ring (bicyclic) bond motifs is 1. The smallest absolute Gasteiger partial charge is 0.334 e. The second-order valence-corrected chi connectivity index (χ2v) is 6.02. The largest absolute Gasteiger partial charge is 0.466 e. The van der Waals surface area contributed by atoms with Gasteiger partial charge < -0.3 is 10.1 Å². The quantitative estimate of drug-likeness (QED) is 0.611. The summed E-state index contributed by atoms with van der Waals surface area (Å²) in [5.74, 6) is -4.40. The third-order valence-electron chi connectivity index (χ3n) is 4.87. The van der Waals surface area contributed by atoms with Gasteiger partial charge in [0, 0.05) is 5.57 Å². The third kappa shape index (κ3) is 1.78. The number of rotatable bonds is 2. The molecule has 0 radical (unpaired) electrons. The van der Waals surface area contributed by atoms with Crippen LogP contribution < -0.4 is 10.2 Å². The molecule has 3 aliphatic heterocycles. The van der Waals surface area contributed by atoms with E-state index in [-0.39, 0.29) is 11.5 Å². The first-order valence-electron chi connectivity index (χ1n) is 7.58. The Labute approximate surface area is 137 Å². The van der Waals surface area contributed by atoms with E-state index >= 15 is 0 Å². The molecule has 4 atom stereocenters. The summed E-state index contributed by atoms with van der Waals surface area (Å²) in [5.41, 5.74) is 0.622. The SMILES string of the molecule is COC(=O)C1=C[C@@H]2NC(=O)[C@H]1[C@@H]1C(=O)N(c3ccccc3)C(=O)[C@@H]12. The molecule has 1 aromatic carbocycles. The first-order chi connectivity index (χ1) is 11.5. The highest BCUT2D eigenvalue weighted by molar-refractivity contribution is 6.25. The summed E-state index contributed by atoms with van der Waals surface area (Å²) in [6.07, 6.45) is 1.54. The second kappa shape index (κ2) is 5.02. The maximum Gasteiger partial charge on any atom is 0.334 e. The number of methoxy groups -OCH3 is 1. The van der Waals surface area contributed by atoms with Crippen LogP contribution in [0, 0.1) is 17.8 Å². The minimum atomic E-state index is -0.988. The lowest BCUT2D eigenvalue weighted by Gasteiger charge is -2.40. The molecule has 7 heteroatoms. The highest BCUT2D eigenvalue weighted by Gasteiger charge is 2.62. The maximum atomic E-state index is 12.9. The summed E-state index contributed by atoms with van der Waals surface area (Å²) in [4.78, 5) is 51.0. The van der Waals surface area contributed by atoms with Crippen molar-refractivity contribution in [2.45, 2.75) is 6.04 Å². The fourth-order valence-electron chi connectivity index (χ4n) is 3.87. The van der Waals surface area contributed by atoms with Gasteiger partial charge in [0.15, 0.2) is 0 Å². The van der Waals surface area contributed by atoms with Gasteiger partial charge in [0.1, 0.15) is 0 Å². The number of anilines is 1. The fraction of sp³-hybridized carbons (Fsp3) is 0.294. The zero-order valence-corrected chi connectivity index (χ0v) is 12.8. The number of nitrogens with one attached hydrogen (secondary N) is 1. The molecule has 4 aliphatic rings. The van der Waals surface area contributed by atoms with Gasteiger partial charge in [-0.15, -0.1) is 0 Å². The number of amides is 3. The zero-order chi connectivity index (χ0) is 17.0. The van der Waals surface area contributed by atoms with E-state index in [9.17, 15) is 19.2 Å². The lowest BCUT2D eigenvalue weighted by atomic mass is 9.67. The van der Waals surface area contributed by atoms with Crippen molar-refractivity contribution in [1.82, 2.24) is 5.32 Å². The monoisotopic (exact) mass is 326 g/mol. The molecule has 1 aliphatic carbocycles. The summed E-state index contributed by atoms with van der Waals surface area (Å²) >= 11 is 0. The summed E-state index contributed by atoms with van der Waals surface area (Å²) in [7, 11) is 1.22. The molecule has 1 aromatic rings. The van der Waals surface area contributed by atoms with Crippen molar-refractivity contribution in [2.75, 3.05) is 12.0 Å². The van der Waals surface area contributed by atoms with Crippen molar-refractivity contribution in [3.8, 4) is 0 Å². The number of hydrogen-bond acceptors (Lipinski definition) is 5. The molecule has 2 fully saturated rings. The van der Waals surface area contributed by atoms with Gasteiger partial charge in [-0.25, -0.2) is 9.69 Å². The van der Waals surface area contributed by atoms with Gasteiger partial charge in [-0.1, -0.05) is 24.3 Å². The van der Waals surface area contributed by atoms with E-state index in [1.807, 2.05) is 0 Å². The molecule has 2 saturated heterocycles. The average Bonchev–Trinajstić information content (AvgIpc) is 2.87. The van der Waals surface area contributed by atoms with Crippen LogP contribution in [0.4, 0.5) is 5.69 Å². The summed E-state index contributed by atoms with van der Waals surface area (Å²) in [5, 5.41) is 2.70. The van der Waals surface area contributed by atoms with Gasteiger partial charge in [-0.3, -0.25) is 14.4 Å². The van der Waals surface area contributed by atoms with Gasteiger partial charge in [0.05, 0.1) is 36.6 Å². The molecule has 3 heterocycles. The molecule has 7 nitrogen and oxygen atoms in total. The number of nitrogens with zero attached hydrogens (tertiary/aromatic N) is 1. The van der Waals surface area contributed by atoms with Gasteiger partial charge in [0.25, 0.3) is 0 Å². The van der Waals surface area contributed by atoms with Crippen LogP contribution in [0.1, 0.15) is 0 Å². The number of imide groups is 1. The Bertz CT molecular complexity index is 800. The third-order valence-corrected chi connectivity index (χ3v) is 4.87. The van der Waals surface area contributed by atoms with E-state index in [1.165, 1.54) is 7.11 Å². The standard InChI is InChI=1S/C17H14N2O5/c1-24-17(23)9-7-10-12-13(11(9)14(20)18-10)16(22)19(15(12)21)8-5-3-2-4-6-8/h2-7,10-13H,1H3,(H,18,20)/t10-,11+,12+,13-/m0/s1. The Morgan fingerprint density at radius 3 is 2.42 bits per heavy atom. The minimum Gasteiger partial charge on any atom is -0.466 e. The van der Waals surface area contributed by atoms with Crippen LogP contribution in [0.3, 0.4) is 0 Å². The van der Waals surface area contributed by atoms with Gasteiger partial charge in [-0.05, 0) is 12.1 Å². The highest BCUT2D eigenvalue weighted by Crippen LogP contribution is 2.46. The van der Waals surface area contributed by atoms with Crippen molar-refractivity contribution < 1.29 is 23.9 Å². The number of ether oxygens (including phenoxy) is 1. The van der Waals surface area contributed by atoms with E-state index in [4.69, 9.17) is 4.74 Å². The number of carbonyl (C=O) groups is 4. The van der Waals surface area contributed by atoms with E-state index in [1.54, 1.807) is 36.4 Å². The molecule has 2 bridgehead atoms. The molecular weight excluding hydrogens is 312 g/mol. The Kier molecular flexibility index (Phi) is 3.06. The summed E-state index contributed by atoms with van der Waals surface area (Å²) in [6, 6.07) is 7.90. The van der Waals surface area contributed by atoms with Gasteiger partial charge >= 0.3 is 5.97 Å². The van der Waals surface area contributed by atoms with Crippen LogP contribution in [0.2, 0.25) is 0 Å². The molecule has 24 heavy (non-hydrogen) atoms. The molecule has 0 saturated carbocycles. The Hall–Kier alpha value is -2.96. The van der Waals surface area contributed by atoms with Crippen LogP contribution in [-0.4, -0.2) is 36.8 Å². The lowest BCUT2D eigenvalue weighted by molar-refractivity contribution is -0.144. The molecule has 122 valence electrons. The molecule has 5 rings (SSSR count). The first kappa shape index (κ1) is 14.6. The summed E-state index contributed by atoms with van der Waals surface area (Å²) in [6.45, 7) is 0. The molecule has 0 aromatic heterocycles. The van der Waals surface area contributed by atoms with Crippen LogP contribution in [-0.2, 0) is 23.9 Å². The van der Waals surface area contributed by atoms with E-state index < -0.39 is 41.6 Å². The van der Waals surface area contributed by atoms with Crippen LogP contribution in [0.25, 0.3) is 0 Å². The Morgan fingerprint density at radius 2 is 1.75 bits per heavy atom. The van der Waals surface area contributed by atoms with Crippen molar-refractivity contribution in [3.63, 3.8) is 0 Å². The van der Waals surface area contributed by atoms with Crippen molar-refractivity contribution in [2.24, 2.45) is 17.8 Å². The molecular formula is C17H14N2O5. The predicted octanol–water partition coefficient (Wildman–Crippen LogP) is 0.0198. The normalized spacial score (nSPS) is 30.8. The second-order valence-electron chi connectivity index (χ2n) is 6.02. The topological polar surface area (TPSA) is 92.8 Å². The van der Waals surface area contributed by atoms with Gasteiger partial charge in [0.2, 0.25) is 17.7 Å². The zero-order valence-electron chi connectivity index (χ0n) is 12.8. The van der Waals surface area contributed by atoms with E-state index in [2.05, 4.69) is 5.32 Å². The first-order valence-corrected chi connectivity index (χ1v) is 7.58. The van der Waals surface area contributed by atoms with Crippen LogP contribution in [0.15, 0.2) is 42.0 Å². The maximum absolute atomic E-state index is 12.9. The average molecular weight is 326 g/mol. The number of piperidine rings is 1. The molecule has 3 amide bonds. The Balaban J connectivity index is 1.79. The summed E-state index contributed by atoms with van der Waals surface area (Å²) < 4.78 is 4.72. The number of para-hydroxylation sites is 1. The molecule has 0 spiro atoms. The molecule has 1 N–H and O–H groups in total. The van der Waals surface area contributed by atoms with Gasteiger partial charge in [-0.2, -0.15) is 0 Å². The number of esters is 1. The van der Waals surface area contributed by atoms with E-state index in [0.29, 0.717) is 5.69 Å². The lowest BCUT2D eigenvalue weighted by Crippen LogP contribution is -2.59. The van der Waals surface area contributed by atoms with Crippen molar-refractivity contribution in [1.29, 1.82) is 0 Å². The van der Waals surface area contributed by atoms with Crippen molar-refractivity contribution in [3.05, 3.63) is 42.0 Å². The van der Waals surface area contributed by atoms with Crippen LogP contribution >= 0.6 is 0 Å². The fourth-order valence-corrected chi connectivity index (χ4v) is 3.87. The Morgan fingerprint density at radius 1 is 1.08 bits per heavy atom. The predicted molar refractivity (Wildman–Crippen MR) is 81.4 cm³/mol. The highest BCUT2D eigenvalue weighted by atomic mass is 16.5. The number of benzene rings is 1. The molecule has 0 unspecified atom stereocenters. The number of hydrogen-bond donors (Lipinski definition) is 1. The number of carbonyl (C=O) groups excluding carboxylic acids is 4. The van der Waals surface area contributed by atoms with E-state index in [0.717, 1.165) is 4.90 Å². The minimum absolute atomic E-state index is 0.156. The van der Waals surface area contributed by atoms with Crippen molar-refractivity contribution >= 4 is 29.4 Å².